The van der Waals surface area contributed by atoms with Gasteiger partial charge in [0.1, 0.15) is 5.69 Å². The summed E-state index contributed by atoms with van der Waals surface area (Å²) in [5.41, 5.74) is 1.63. The Labute approximate surface area is 108 Å². The first-order valence-electron chi connectivity index (χ1n) is 4.63. The first kappa shape index (κ1) is 11.8. The molecule has 84 valence electrons. The van der Waals surface area contributed by atoms with Crippen molar-refractivity contribution in [3.63, 3.8) is 0 Å². The molecule has 1 aromatic carbocycles. The molecule has 0 radical (unpaired) electrons. The lowest BCUT2D eigenvalue weighted by molar-refractivity contribution is 0.830. The molecule has 0 saturated carbocycles. The molecule has 1 aromatic heterocycles. The molecule has 0 aliphatic carbocycles. The van der Waals surface area contributed by atoms with Gasteiger partial charge < -0.3 is 5.32 Å². The van der Waals surface area contributed by atoms with Gasteiger partial charge >= 0.3 is 0 Å². The minimum absolute atomic E-state index is 0.634. The number of benzene rings is 1. The van der Waals surface area contributed by atoms with E-state index in [0.29, 0.717) is 10.0 Å². The lowest BCUT2D eigenvalue weighted by Gasteiger charge is -2.03. The van der Waals surface area contributed by atoms with Crippen LogP contribution in [0.4, 0.5) is 0 Å². The van der Waals surface area contributed by atoms with Gasteiger partial charge in [0.25, 0.3) is 0 Å². The highest BCUT2D eigenvalue weighted by Crippen LogP contribution is 2.32. The highest BCUT2D eigenvalue weighted by molar-refractivity contribution is 7.06. The Morgan fingerprint density at radius 3 is 2.94 bits per heavy atom. The molecule has 3 nitrogen and oxygen atoms in total. The van der Waals surface area contributed by atoms with E-state index in [-0.39, 0.29) is 0 Å². The summed E-state index contributed by atoms with van der Waals surface area (Å²) in [7, 11) is 1.88. The highest BCUT2D eigenvalue weighted by Gasteiger charge is 2.13. The second-order valence-corrected chi connectivity index (χ2v) is 4.88. The first-order chi connectivity index (χ1) is 7.72. The largest absolute Gasteiger partial charge is 0.315 e. The van der Waals surface area contributed by atoms with E-state index in [1.807, 2.05) is 7.05 Å². The molecule has 2 aromatic rings. The summed E-state index contributed by atoms with van der Waals surface area (Å²) in [6.45, 7) is 0.718. The van der Waals surface area contributed by atoms with E-state index in [1.165, 1.54) is 11.5 Å². The van der Waals surface area contributed by atoms with E-state index >= 15 is 0 Å². The molecule has 6 heteroatoms. The van der Waals surface area contributed by atoms with E-state index in [4.69, 9.17) is 23.2 Å². The van der Waals surface area contributed by atoms with E-state index in [9.17, 15) is 0 Å². The fraction of sp³-hybridized carbons (Fsp3) is 0.200. The van der Waals surface area contributed by atoms with Gasteiger partial charge in [0.2, 0.25) is 0 Å². The fourth-order valence-corrected chi connectivity index (χ4v) is 2.42. The fourth-order valence-electron chi connectivity index (χ4n) is 1.37. The summed E-state index contributed by atoms with van der Waals surface area (Å²) in [5, 5.41) is 8.44. The zero-order valence-electron chi connectivity index (χ0n) is 8.50. The molecule has 16 heavy (non-hydrogen) atoms. The van der Waals surface area contributed by atoms with E-state index < -0.39 is 0 Å². The SMILES string of the molecule is CNCc1snnc1-c1cc(Cl)ccc1Cl. The molecule has 0 saturated heterocycles. The average molecular weight is 274 g/mol. The van der Waals surface area contributed by atoms with Gasteiger partial charge in [-0.25, -0.2) is 0 Å². The third-order valence-electron chi connectivity index (χ3n) is 2.08. The summed E-state index contributed by atoms with van der Waals surface area (Å²) in [6.07, 6.45) is 0. The van der Waals surface area contributed by atoms with Crippen molar-refractivity contribution in [3.8, 4) is 11.3 Å². The second-order valence-electron chi connectivity index (χ2n) is 3.20. The van der Waals surface area contributed by atoms with Crippen molar-refractivity contribution in [2.45, 2.75) is 6.54 Å². The van der Waals surface area contributed by atoms with Crippen LogP contribution in [0.2, 0.25) is 10.0 Å². The summed E-state index contributed by atoms with van der Waals surface area (Å²) in [6, 6.07) is 5.33. The molecule has 0 unspecified atom stereocenters. The van der Waals surface area contributed by atoms with Crippen LogP contribution in [0.25, 0.3) is 11.3 Å². The zero-order valence-corrected chi connectivity index (χ0v) is 10.8. The minimum atomic E-state index is 0.634. The van der Waals surface area contributed by atoms with Crippen LogP contribution in [0.5, 0.6) is 0 Å². The third kappa shape index (κ3) is 2.35. The molecule has 0 aliphatic rings. The number of hydrogen-bond acceptors (Lipinski definition) is 4. The van der Waals surface area contributed by atoms with Crippen molar-refractivity contribution >= 4 is 34.7 Å². The molecule has 0 spiro atoms. The number of halogens is 2. The van der Waals surface area contributed by atoms with Crippen LogP contribution in [0, 0.1) is 0 Å². The molecule has 0 aliphatic heterocycles. The third-order valence-corrected chi connectivity index (χ3v) is 3.36. The van der Waals surface area contributed by atoms with Gasteiger partial charge in [-0.05, 0) is 36.8 Å². The van der Waals surface area contributed by atoms with Crippen LogP contribution in [-0.2, 0) is 6.54 Å². The quantitative estimate of drug-likeness (QED) is 0.933. The normalized spacial score (nSPS) is 10.7. The molecule has 0 atom stereocenters. The maximum Gasteiger partial charge on any atom is 0.111 e. The van der Waals surface area contributed by atoms with Crippen LogP contribution in [-0.4, -0.2) is 16.6 Å². The monoisotopic (exact) mass is 273 g/mol. The number of aromatic nitrogens is 2. The van der Waals surface area contributed by atoms with Gasteiger partial charge in [-0.15, -0.1) is 5.10 Å². The zero-order chi connectivity index (χ0) is 11.5. The van der Waals surface area contributed by atoms with Crippen molar-refractivity contribution in [1.82, 2.24) is 14.9 Å². The second kappa shape index (κ2) is 5.10. The van der Waals surface area contributed by atoms with Gasteiger partial charge in [0.05, 0.1) is 9.90 Å². The van der Waals surface area contributed by atoms with E-state index in [1.54, 1.807) is 18.2 Å². The Hall–Kier alpha value is -0.680. The van der Waals surface area contributed by atoms with Gasteiger partial charge in [-0.3, -0.25) is 0 Å². The number of nitrogens with one attached hydrogen (secondary N) is 1. The highest BCUT2D eigenvalue weighted by atomic mass is 35.5. The van der Waals surface area contributed by atoms with Crippen molar-refractivity contribution in [1.29, 1.82) is 0 Å². The van der Waals surface area contributed by atoms with Crippen molar-refractivity contribution in [2.24, 2.45) is 0 Å². The lowest BCUT2D eigenvalue weighted by atomic mass is 10.1. The van der Waals surface area contributed by atoms with Gasteiger partial charge in [-0.2, -0.15) is 0 Å². The van der Waals surface area contributed by atoms with Crippen molar-refractivity contribution in [3.05, 3.63) is 33.1 Å². The molecule has 0 fully saturated rings. The molecule has 1 heterocycles. The Balaban J connectivity index is 2.49. The molecular formula is C10H9Cl2N3S. The summed E-state index contributed by atoms with van der Waals surface area (Å²) < 4.78 is 3.94. The number of hydrogen-bond donors (Lipinski definition) is 1. The van der Waals surface area contributed by atoms with E-state index in [0.717, 1.165) is 22.7 Å². The summed E-state index contributed by atoms with van der Waals surface area (Å²) in [4.78, 5) is 1.05. The Morgan fingerprint density at radius 1 is 1.38 bits per heavy atom. The standard InChI is InChI=1S/C10H9Cl2N3S/c1-13-5-9-10(14-15-16-9)7-4-6(11)2-3-8(7)12/h2-4,13H,5H2,1H3. The number of rotatable bonds is 3. The first-order valence-corrected chi connectivity index (χ1v) is 6.16. The Bertz CT molecular complexity index is 499. The number of nitrogens with zero attached hydrogens (tertiary/aromatic N) is 2. The molecule has 0 amide bonds. The van der Waals surface area contributed by atoms with Gasteiger partial charge in [0.15, 0.2) is 0 Å². The van der Waals surface area contributed by atoms with Gasteiger partial charge in [0, 0.05) is 17.1 Å². The minimum Gasteiger partial charge on any atom is -0.315 e. The smallest absolute Gasteiger partial charge is 0.111 e. The predicted octanol–water partition coefficient (Wildman–Crippen LogP) is 3.23. The maximum atomic E-state index is 6.12. The molecule has 0 bridgehead atoms. The maximum absolute atomic E-state index is 6.12. The topological polar surface area (TPSA) is 37.8 Å². The lowest BCUT2D eigenvalue weighted by Crippen LogP contribution is -2.04. The summed E-state index contributed by atoms with van der Waals surface area (Å²) >= 11 is 13.4. The molecular weight excluding hydrogens is 265 g/mol. The van der Waals surface area contributed by atoms with Crippen LogP contribution in [0.3, 0.4) is 0 Å². The van der Waals surface area contributed by atoms with Gasteiger partial charge in [-0.1, -0.05) is 27.7 Å². The van der Waals surface area contributed by atoms with Crippen LogP contribution in [0.15, 0.2) is 18.2 Å². The Morgan fingerprint density at radius 2 is 2.19 bits per heavy atom. The molecule has 1 N–H and O–H groups in total. The van der Waals surface area contributed by atoms with Crippen LogP contribution in [0.1, 0.15) is 4.88 Å². The van der Waals surface area contributed by atoms with Crippen LogP contribution < -0.4 is 5.32 Å². The predicted molar refractivity (Wildman–Crippen MR) is 68.1 cm³/mol. The van der Waals surface area contributed by atoms with Crippen LogP contribution >= 0.6 is 34.7 Å². The molecule has 2 rings (SSSR count). The summed E-state index contributed by atoms with van der Waals surface area (Å²) in [5.74, 6) is 0. The average Bonchev–Trinajstić information content (AvgIpc) is 2.70. The van der Waals surface area contributed by atoms with Crippen molar-refractivity contribution in [2.75, 3.05) is 7.05 Å². The van der Waals surface area contributed by atoms with Crippen molar-refractivity contribution < 1.29 is 0 Å². The van der Waals surface area contributed by atoms with E-state index in [2.05, 4.69) is 14.9 Å². The Kier molecular flexibility index (Phi) is 3.76.